The Morgan fingerprint density at radius 2 is 2.11 bits per heavy atom. The van der Waals surface area contributed by atoms with Crippen LogP contribution in [0.5, 0.6) is 0 Å². The van der Waals surface area contributed by atoms with Gasteiger partial charge in [-0.2, -0.15) is 0 Å². The monoisotopic (exact) mass is 328 g/mol. The zero-order valence-electron chi connectivity index (χ0n) is 11.5. The molecule has 0 aromatic heterocycles. The van der Waals surface area contributed by atoms with Crippen molar-refractivity contribution in [3.63, 3.8) is 0 Å². The molecule has 1 aromatic rings. The van der Waals surface area contributed by atoms with Gasteiger partial charge in [0.25, 0.3) is 5.69 Å². The maximum Gasteiger partial charge on any atom is 0.283 e. The molecule has 1 rings (SSSR count). The molecule has 0 atom stereocenters. The molecule has 0 bridgehead atoms. The third-order valence-corrected chi connectivity index (χ3v) is 3.59. The number of nitrogens with one attached hydrogen (secondary N) is 1. The van der Waals surface area contributed by atoms with Crippen molar-refractivity contribution in [3.8, 4) is 0 Å². The average molecular weight is 329 g/mol. The molecule has 5 heteroatoms. The Morgan fingerprint density at radius 3 is 2.74 bits per heavy atom. The van der Waals surface area contributed by atoms with Gasteiger partial charge in [-0.1, -0.05) is 32.8 Å². The summed E-state index contributed by atoms with van der Waals surface area (Å²) in [6.45, 7) is 6.09. The van der Waals surface area contributed by atoms with E-state index in [2.05, 4.69) is 35.1 Å². The molecule has 0 aliphatic carbocycles. The van der Waals surface area contributed by atoms with E-state index in [0.29, 0.717) is 11.0 Å². The highest BCUT2D eigenvalue weighted by Gasteiger charge is 2.11. The van der Waals surface area contributed by atoms with Crippen molar-refractivity contribution >= 4 is 21.6 Å². The second kappa shape index (κ2) is 8.27. The summed E-state index contributed by atoms with van der Waals surface area (Å²) in [5.74, 6) is 0.758. The van der Waals surface area contributed by atoms with Crippen LogP contribution < -0.4 is 5.32 Å². The molecular weight excluding hydrogens is 308 g/mol. The molecule has 0 saturated carbocycles. The number of halogens is 1. The summed E-state index contributed by atoms with van der Waals surface area (Å²) in [6.07, 6.45) is 3.63. The Morgan fingerprint density at radius 1 is 1.37 bits per heavy atom. The van der Waals surface area contributed by atoms with Gasteiger partial charge in [-0.05, 0) is 46.4 Å². The number of benzene rings is 1. The summed E-state index contributed by atoms with van der Waals surface area (Å²) in [4.78, 5) is 10.4. The highest BCUT2D eigenvalue weighted by Crippen LogP contribution is 2.25. The minimum absolute atomic E-state index is 0.124. The van der Waals surface area contributed by atoms with Gasteiger partial charge < -0.3 is 5.32 Å². The fourth-order valence-corrected chi connectivity index (χ4v) is 2.23. The third kappa shape index (κ3) is 6.16. The number of rotatable bonds is 8. The molecule has 0 unspecified atom stereocenters. The lowest BCUT2D eigenvalue weighted by Crippen LogP contribution is -2.14. The van der Waals surface area contributed by atoms with Gasteiger partial charge in [-0.3, -0.25) is 10.1 Å². The largest absolute Gasteiger partial charge is 0.313 e. The van der Waals surface area contributed by atoms with Crippen LogP contribution in [-0.2, 0) is 6.54 Å². The number of nitro groups is 1. The first-order valence-electron chi connectivity index (χ1n) is 6.64. The first kappa shape index (κ1) is 16.1. The van der Waals surface area contributed by atoms with Crippen LogP contribution in [0.15, 0.2) is 22.7 Å². The standard InChI is InChI=1S/C14H21BrN2O2/c1-11(2)5-3-4-8-16-10-12-6-7-13(15)14(9-12)17(18)19/h6-7,9,11,16H,3-5,8,10H2,1-2H3. The molecule has 0 spiro atoms. The molecule has 0 saturated heterocycles. The van der Waals surface area contributed by atoms with Crippen LogP contribution in [-0.4, -0.2) is 11.5 Å². The normalized spacial score (nSPS) is 10.9. The van der Waals surface area contributed by atoms with Crippen molar-refractivity contribution < 1.29 is 4.92 Å². The highest BCUT2D eigenvalue weighted by atomic mass is 79.9. The fraction of sp³-hybridized carbons (Fsp3) is 0.571. The summed E-state index contributed by atoms with van der Waals surface area (Å²) in [6, 6.07) is 5.25. The minimum Gasteiger partial charge on any atom is -0.313 e. The number of hydrogen-bond donors (Lipinski definition) is 1. The van der Waals surface area contributed by atoms with E-state index in [0.717, 1.165) is 24.4 Å². The lowest BCUT2D eigenvalue weighted by Gasteiger charge is -2.07. The number of hydrogen-bond acceptors (Lipinski definition) is 3. The molecule has 0 aliphatic rings. The molecule has 0 radical (unpaired) electrons. The molecule has 19 heavy (non-hydrogen) atoms. The number of nitro benzene ring substituents is 1. The van der Waals surface area contributed by atoms with Crippen LogP contribution in [0.4, 0.5) is 5.69 Å². The second-order valence-corrected chi connectivity index (χ2v) is 5.96. The lowest BCUT2D eigenvalue weighted by molar-refractivity contribution is -0.385. The fourth-order valence-electron chi connectivity index (χ4n) is 1.84. The van der Waals surface area contributed by atoms with Crippen LogP contribution in [0.1, 0.15) is 38.7 Å². The summed E-state index contributed by atoms with van der Waals surface area (Å²) in [5, 5.41) is 14.1. The Kier molecular flexibility index (Phi) is 7.02. The zero-order valence-corrected chi connectivity index (χ0v) is 13.1. The summed E-state index contributed by atoms with van der Waals surface area (Å²) < 4.78 is 0.526. The van der Waals surface area contributed by atoms with Gasteiger partial charge in [-0.15, -0.1) is 0 Å². The third-order valence-electron chi connectivity index (χ3n) is 2.92. The maximum atomic E-state index is 10.8. The van der Waals surface area contributed by atoms with E-state index in [-0.39, 0.29) is 10.6 Å². The lowest BCUT2D eigenvalue weighted by atomic mass is 10.1. The molecule has 0 amide bonds. The van der Waals surface area contributed by atoms with Crippen molar-refractivity contribution in [1.82, 2.24) is 5.32 Å². The van der Waals surface area contributed by atoms with Crippen molar-refractivity contribution in [2.24, 2.45) is 5.92 Å². The summed E-state index contributed by atoms with van der Waals surface area (Å²) in [5.41, 5.74) is 1.07. The van der Waals surface area contributed by atoms with Gasteiger partial charge in [0.2, 0.25) is 0 Å². The van der Waals surface area contributed by atoms with Crippen molar-refractivity contribution in [1.29, 1.82) is 0 Å². The van der Waals surface area contributed by atoms with Crippen molar-refractivity contribution in [2.45, 2.75) is 39.7 Å². The predicted molar refractivity (Wildman–Crippen MR) is 81.2 cm³/mol. The number of unbranched alkanes of at least 4 members (excludes halogenated alkanes) is 1. The van der Waals surface area contributed by atoms with Gasteiger partial charge in [0.05, 0.1) is 9.40 Å². The molecule has 1 N–H and O–H groups in total. The average Bonchev–Trinajstić information content (AvgIpc) is 2.34. The van der Waals surface area contributed by atoms with E-state index in [1.165, 1.54) is 12.8 Å². The first-order valence-corrected chi connectivity index (χ1v) is 7.43. The molecule has 0 fully saturated rings. The second-order valence-electron chi connectivity index (χ2n) is 5.11. The summed E-state index contributed by atoms with van der Waals surface area (Å²) >= 11 is 3.18. The minimum atomic E-state index is -0.365. The van der Waals surface area contributed by atoms with Gasteiger partial charge in [0.1, 0.15) is 0 Å². The van der Waals surface area contributed by atoms with E-state index in [4.69, 9.17) is 0 Å². The molecule has 0 heterocycles. The van der Waals surface area contributed by atoms with Gasteiger partial charge in [0.15, 0.2) is 0 Å². The number of nitrogens with zero attached hydrogens (tertiary/aromatic N) is 1. The Bertz CT molecular complexity index is 422. The van der Waals surface area contributed by atoms with Gasteiger partial charge in [0, 0.05) is 12.6 Å². The zero-order chi connectivity index (χ0) is 14.3. The van der Waals surface area contributed by atoms with Crippen molar-refractivity contribution in [3.05, 3.63) is 38.3 Å². The maximum absolute atomic E-state index is 10.8. The topological polar surface area (TPSA) is 55.2 Å². The molecular formula is C14H21BrN2O2. The molecule has 1 aromatic carbocycles. The SMILES string of the molecule is CC(C)CCCCNCc1ccc(Br)c([N+](=O)[O-])c1. The van der Waals surface area contributed by atoms with E-state index in [1.807, 2.05) is 6.07 Å². The van der Waals surface area contributed by atoms with Crippen LogP contribution in [0.3, 0.4) is 0 Å². The smallest absolute Gasteiger partial charge is 0.283 e. The summed E-state index contributed by atoms with van der Waals surface area (Å²) in [7, 11) is 0. The molecule has 0 aliphatic heterocycles. The van der Waals surface area contributed by atoms with Crippen LogP contribution in [0.2, 0.25) is 0 Å². The van der Waals surface area contributed by atoms with Crippen molar-refractivity contribution in [2.75, 3.05) is 6.54 Å². The van der Waals surface area contributed by atoms with E-state index >= 15 is 0 Å². The van der Waals surface area contributed by atoms with E-state index < -0.39 is 0 Å². The Labute approximate surface area is 122 Å². The van der Waals surface area contributed by atoms with Crippen LogP contribution in [0, 0.1) is 16.0 Å². The Balaban J connectivity index is 2.34. The van der Waals surface area contributed by atoms with Crippen LogP contribution >= 0.6 is 15.9 Å². The quantitative estimate of drug-likeness (QED) is 0.440. The van der Waals surface area contributed by atoms with Gasteiger partial charge >= 0.3 is 0 Å². The van der Waals surface area contributed by atoms with E-state index in [1.54, 1.807) is 12.1 Å². The van der Waals surface area contributed by atoms with Gasteiger partial charge in [-0.25, -0.2) is 0 Å². The van der Waals surface area contributed by atoms with E-state index in [9.17, 15) is 10.1 Å². The highest BCUT2D eigenvalue weighted by molar-refractivity contribution is 9.10. The molecule has 4 nitrogen and oxygen atoms in total. The van der Waals surface area contributed by atoms with Crippen LogP contribution in [0.25, 0.3) is 0 Å². The molecule has 106 valence electrons. The predicted octanol–water partition coefficient (Wildman–Crippen LogP) is 4.27. The first-order chi connectivity index (χ1) is 9.00. The Hall–Kier alpha value is -0.940.